The molecule has 0 saturated heterocycles. The number of methoxy groups -OCH3 is 2. The van der Waals surface area contributed by atoms with Gasteiger partial charge in [-0.1, -0.05) is 23.8 Å². The third-order valence-electron chi connectivity index (χ3n) is 4.62. The smallest absolute Gasteiger partial charge is 0.343 e. The van der Waals surface area contributed by atoms with Crippen LogP contribution in [0, 0.1) is 0 Å². The molecule has 0 unspecified atom stereocenters. The fourth-order valence-electron chi connectivity index (χ4n) is 3.13. The normalized spacial score (nSPS) is 11.9. The van der Waals surface area contributed by atoms with Crippen LogP contribution in [0.25, 0.3) is 10.9 Å². The zero-order valence-corrected chi connectivity index (χ0v) is 16.1. The minimum atomic E-state index is -2.00. The van der Waals surface area contributed by atoms with Crippen molar-refractivity contribution in [1.82, 2.24) is 10.3 Å². The molecular formula is C20H24N2O6. The molecule has 2 aromatic rings. The molecule has 0 aliphatic rings. The molecule has 0 radical (unpaired) electrons. The van der Waals surface area contributed by atoms with Crippen LogP contribution in [0.5, 0.6) is 0 Å². The minimum absolute atomic E-state index is 0.0347. The van der Waals surface area contributed by atoms with E-state index in [4.69, 9.17) is 9.47 Å². The molecule has 0 fully saturated rings. The van der Waals surface area contributed by atoms with Gasteiger partial charge in [0.15, 0.2) is 0 Å². The Morgan fingerprint density at radius 1 is 1.21 bits per heavy atom. The first-order valence-electron chi connectivity index (χ1n) is 8.66. The summed E-state index contributed by atoms with van der Waals surface area (Å²) < 4.78 is 9.53. The molecule has 1 heterocycles. The number of nitrogens with one attached hydrogen (secondary N) is 2. The zero-order valence-electron chi connectivity index (χ0n) is 16.1. The second-order valence-electron chi connectivity index (χ2n) is 6.39. The molecule has 1 aromatic heterocycles. The van der Waals surface area contributed by atoms with E-state index < -0.39 is 17.5 Å². The number of amides is 1. The van der Waals surface area contributed by atoms with Crippen LogP contribution in [-0.4, -0.2) is 54.8 Å². The number of aliphatic hydroxyl groups is 1. The van der Waals surface area contributed by atoms with Gasteiger partial charge in [0, 0.05) is 23.5 Å². The molecule has 8 heteroatoms. The molecule has 0 aliphatic heterocycles. The summed E-state index contributed by atoms with van der Waals surface area (Å²) in [5, 5.41) is 12.3. The number of rotatable bonds is 9. The van der Waals surface area contributed by atoms with Gasteiger partial charge >= 0.3 is 11.9 Å². The number of allylic oxidation sites excluding steroid dienone is 1. The Morgan fingerprint density at radius 3 is 2.46 bits per heavy atom. The van der Waals surface area contributed by atoms with E-state index in [0.717, 1.165) is 36.3 Å². The summed E-state index contributed by atoms with van der Waals surface area (Å²) in [5.74, 6) is -1.84. The number of esters is 2. The quantitative estimate of drug-likeness (QED) is 0.256. The van der Waals surface area contributed by atoms with Crippen molar-refractivity contribution in [3.63, 3.8) is 0 Å². The van der Waals surface area contributed by atoms with Crippen molar-refractivity contribution in [2.24, 2.45) is 0 Å². The summed E-state index contributed by atoms with van der Waals surface area (Å²) in [6, 6.07) is 5.68. The number of aromatic nitrogens is 1. The van der Waals surface area contributed by atoms with Crippen LogP contribution in [0.15, 0.2) is 36.0 Å². The van der Waals surface area contributed by atoms with E-state index in [1.54, 1.807) is 6.20 Å². The van der Waals surface area contributed by atoms with E-state index >= 15 is 0 Å². The van der Waals surface area contributed by atoms with Crippen LogP contribution >= 0.6 is 0 Å². The molecule has 2 rings (SSSR count). The number of carbonyl (C=O) groups is 3. The number of carbonyl (C=O) groups excluding carboxylic acids is 3. The summed E-state index contributed by atoms with van der Waals surface area (Å²) in [6.45, 7) is 1.79. The number of ether oxygens (including phenoxy) is 2. The Hall–Kier alpha value is -3.13. The molecule has 0 saturated carbocycles. The third-order valence-corrected chi connectivity index (χ3v) is 4.62. The molecule has 150 valence electrons. The molecule has 0 aliphatic carbocycles. The van der Waals surface area contributed by atoms with Gasteiger partial charge in [0.2, 0.25) is 11.9 Å². The highest BCUT2D eigenvalue weighted by atomic mass is 16.5. The van der Waals surface area contributed by atoms with Crippen LogP contribution in [0.1, 0.15) is 18.1 Å². The van der Waals surface area contributed by atoms with E-state index in [2.05, 4.69) is 10.3 Å². The van der Waals surface area contributed by atoms with Gasteiger partial charge < -0.3 is 24.9 Å². The molecule has 1 amide bonds. The Labute approximate surface area is 162 Å². The number of benzene rings is 1. The van der Waals surface area contributed by atoms with Crippen LogP contribution in [0.2, 0.25) is 0 Å². The van der Waals surface area contributed by atoms with Crippen LogP contribution in [0.3, 0.4) is 0 Å². The van der Waals surface area contributed by atoms with E-state index in [1.165, 1.54) is 0 Å². The summed E-state index contributed by atoms with van der Waals surface area (Å²) in [4.78, 5) is 39.2. The summed E-state index contributed by atoms with van der Waals surface area (Å²) in [7, 11) is 2.27. The standard InChI is InChI=1S/C20H24N2O6/c1-13(11-23)7-8-14-5-4-6-16-17(14)15(10-21-16)9-20(22-12-24,18(25)27-2)19(26)28-3/h4-7,10,12,21,23H,8-9,11H2,1-3H3,(H,22,24)/b13-7+. The average molecular weight is 388 g/mol. The average Bonchev–Trinajstić information content (AvgIpc) is 3.13. The van der Waals surface area contributed by atoms with Gasteiger partial charge in [0.25, 0.3) is 0 Å². The third kappa shape index (κ3) is 4.07. The Balaban J connectivity index is 2.57. The summed E-state index contributed by atoms with van der Waals surface area (Å²) in [6.07, 6.45) is 4.27. The molecule has 28 heavy (non-hydrogen) atoms. The lowest BCUT2D eigenvalue weighted by molar-refractivity contribution is -0.164. The maximum Gasteiger partial charge on any atom is 0.343 e. The van der Waals surface area contributed by atoms with Crippen LogP contribution < -0.4 is 5.32 Å². The maximum atomic E-state index is 12.4. The Kier molecular flexibility index (Phi) is 6.94. The van der Waals surface area contributed by atoms with Gasteiger partial charge in [-0.3, -0.25) is 4.79 Å². The van der Waals surface area contributed by atoms with Crippen molar-refractivity contribution < 1.29 is 29.0 Å². The first-order valence-corrected chi connectivity index (χ1v) is 8.66. The van der Waals surface area contributed by atoms with Crippen LogP contribution in [-0.2, 0) is 36.7 Å². The van der Waals surface area contributed by atoms with Crippen molar-refractivity contribution in [3.05, 3.63) is 47.2 Å². The maximum absolute atomic E-state index is 12.4. The highest BCUT2D eigenvalue weighted by molar-refractivity contribution is 6.07. The molecule has 8 nitrogen and oxygen atoms in total. The lowest BCUT2D eigenvalue weighted by atomic mass is 9.89. The first-order chi connectivity index (χ1) is 13.4. The first kappa shape index (κ1) is 21.2. The van der Waals surface area contributed by atoms with E-state index in [9.17, 15) is 19.5 Å². The summed E-state index contributed by atoms with van der Waals surface area (Å²) >= 11 is 0. The lowest BCUT2D eigenvalue weighted by Gasteiger charge is -2.27. The molecule has 3 N–H and O–H groups in total. The second-order valence-corrected chi connectivity index (χ2v) is 6.39. The molecule has 1 aromatic carbocycles. The van der Waals surface area contributed by atoms with Crippen molar-refractivity contribution >= 4 is 29.3 Å². The number of hydrogen-bond donors (Lipinski definition) is 3. The van der Waals surface area contributed by atoms with Crippen LogP contribution in [0.4, 0.5) is 0 Å². The number of hydrogen-bond acceptors (Lipinski definition) is 6. The van der Waals surface area contributed by atoms with Gasteiger partial charge in [-0.25, -0.2) is 9.59 Å². The second kappa shape index (κ2) is 9.18. The SMILES string of the molecule is COC(=O)C(Cc1c[nH]c2cccc(C/C=C(\C)CO)c12)(NC=O)C(=O)OC. The van der Waals surface area contributed by atoms with Gasteiger partial charge in [0.1, 0.15) is 0 Å². The lowest BCUT2D eigenvalue weighted by Crippen LogP contribution is -2.60. The minimum Gasteiger partial charge on any atom is -0.467 e. The zero-order chi connectivity index (χ0) is 20.7. The highest BCUT2D eigenvalue weighted by Gasteiger charge is 2.49. The van der Waals surface area contributed by atoms with Gasteiger partial charge in [0.05, 0.1) is 20.8 Å². The van der Waals surface area contributed by atoms with Crippen molar-refractivity contribution in [2.45, 2.75) is 25.3 Å². The highest BCUT2D eigenvalue weighted by Crippen LogP contribution is 2.28. The fourth-order valence-corrected chi connectivity index (χ4v) is 3.13. The fraction of sp³-hybridized carbons (Fsp3) is 0.350. The number of aliphatic hydroxyl groups excluding tert-OH is 1. The van der Waals surface area contributed by atoms with Gasteiger partial charge in [-0.15, -0.1) is 0 Å². The van der Waals surface area contributed by atoms with Crippen molar-refractivity contribution in [1.29, 1.82) is 0 Å². The molecular weight excluding hydrogens is 364 g/mol. The molecule has 0 bridgehead atoms. The van der Waals surface area contributed by atoms with E-state index in [0.29, 0.717) is 12.0 Å². The Morgan fingerprint density at radius 2 is 1.89 bits per heavy atom. The number of H-pyrrole nitrogens is 1. The number of fused-ring (bicyclic) bond motifs is 1. The van der Waals surface area contributed by atoms with Gasteiger partial charge in [-0.2, -0.15) is 0 Å². The topological polar surface area (TPSA) is 118 Å². The van der Waals surface area contributed by atoms with Crippen molar-refractivity contribution in [3.8, 4) is 0 Å². The predicted octanol–water partition coefficient (Wildman–Crippen LogP) is 1.02. The van der Waals surface area contributed by atoms with Gasteiger partial charge in [-0.05, 0) is 30.5 Å². The number of aromatic amines is 1. The molecule has 0 spiro atoms. The van der Waals surface area contributed by atoms with E-state index in [-0.39, 0.29) is 19.4 Å². The molecule has 0 atom stereocenters. The van der Waals surface area contributed by atoms with Crippen molar-refractivity contribution in [2.75, 3.05) is 20.8 Å². The van der Waals surface area contributed by atoms with E-state index in [1.807, 2.05) is 31.2 Å². The largest absolute Gasteiger partial charge is 0.467 e. The monoisotopic (exact) mass is 388 g/mol. The predicted molar refractivity (Wildman–Crippen MR) is 103 cm³/mol. The summed E-state index contributed by atoms with van der Waals surface area (Å²) in [5.41, 5.74) is 1.24. The Bertz CT molecular complexity index is 883.